The van der Waals surface area contributed by atoms with E-state index in [0.29, 0.717) is 45.0 Å². The van der Waals surface area contributed by atoms with E-state index in [2.05, 4.69) is 14.9 Å². The number of carbonyl (C=O) groups excluding carboxylic acids is 2. The molecule has 0 aliphatic carbocycles. The number of anilines is 1. The van der Waals surface area contributed by atoms with E-state index in [4.69, 9.17) is 4.74 Å². The lowest BCUT2D eigenvalue weighted by Crippen LogP contribution is -2.49. The number of rotatable bonds is 9. The summed E-state index contributed by atoms with van der Waals surface area (Å²) in [4.78, 5) is 42.4. The molecule has 2 aromatic rings. The second-order valence-electron chi connectivity index (χ2n) is 9.21. The van der Waals surface area contributed by atoms with Gasteiger partial charge in [-0.25, -0.2) is 9.37 Å². The van der Waals surface area contributed by atoms with Crippen molar-refractivity contribution in [3.8, 4) is 0 Å². The standard InChI is InChI=1S/C26H35FN6O3/c1-21-19-29-23(20-28-21)26(35)33(9-4-8-30-15-17-36-18-16-30)10-7-25(34)32-13-11-31(12-14-32)24-6-3-2-5-22(24)27/h2-3,5-6,19-20H,4,7-18H2,1H3. The SMILES string of the molecule is Cc1cnc(C(=O)N(CCCN2CCOCC2)CCC(=O)N2CCN(c3ccccc3F)CC2)cn1. The fraction of sp³-hybridized carbons (Fsp3) is 0.538. The fourth-order valence-corrected chi connectivity index (χ4v) is 4.58. The van der Waals surface area contributed by atoms with Gasteiger partial charge in [-0.2, -0.15) is 0 Å². The molecule has 0 N–H and O–H groups in total. The Morgan fingerprint density at radius 3 is 2.44 bits per heavy atom. The van der Waals surface area contributed by atoms with Crippen molar-refractivity contribution in [2.45, 2.75) is 19.8 Å². The van der Waals surface area contributed by atoms with Crippen molar-refractivity contribution in [1.29, 1.82) is 0 Å². The number of carbonyl (C=O) groups is 2. The van der Waals surface area contributed by atoms with E-state index in [1.807, 2.05) is 17.9 Å². The van der Waals surface area contributed by atoms with Gasteiger partial charge in [0, 0.05) is 71.5 Å². The third-order valence-corrected chi connectivity index (χ3v) is 6.71. The summed E-state index contributed by atoms with van der Waals surface area (Å²) in [5.74, 6) is -0.450. The minimum Gasteiger partial charge on any atom is -0.379 e. The largest absolute Gasteiger partial charge is 0.379 e. The third kappa shape index (κ3) is 6.98. The van der Waals surface area contributed by atoms with Crippen LogP contribution in [0, 0.1) is 12.7 Å². The summed E-state index contributed by atoms with van der Waals surface area (Å²) in [6, 6.07) is 6.71. The first-order chi connectivity index (χ1) is 17.5. The molecular formula is C26H35FN6O3. The van der Waals surface area contributed by atoms with Crippen LogP contribution in [0.4, 0.5) is 10.1 Å². The summed E-state index contributed by atoms with van der Waals surface area (Å²) < 4.78 is 19.5. The summed E-state index contributed by atoms with van der Waals surface area (Å²) in [6.45, 7) is 9.05. The van der Waals surface area contributed by atoms with E-state index < -0.39 is 0 Å². The van der Waals surface area contributed by atoms with E-state index >= 15 is 0 Å². The van der Waals surface area contributed by atoms with Gasteiger partial charge in [0.05, 0.1) is 30.8 Å². The maximum absolute atomic E-state index is 14.1. The minimum absolute atomic E-state index is 0.00385. The zero-order chi connectivity index (χ0) is 25.3. The molecule has 2 fully saturated rings. The predicted octanol–water partition coefficient (Wildman–Crippen LogP) is 1.83. The smallest absolute Gasteiger partial charge is 0.274 e. The highest BCUT2D eigenvalue weighted by Gasteiger charge is 2.25. The van der Waals surface area contributed by atoms with Crippen molar-refractivity contribution >= 4 is 17.5 Å². The summed E-state index contributed by atoms with van der Waals surface area (Å²) in [6.07, 6.45) is 4.12. The van der Waals surface area contributed by atoms with Gasteiger partial charge in [0.1, 0.15) is 11.5 Å². The van der Waals surface area contributed by atoms with Crippen LogP contribution in [0.3, 0.4) is 0 Å². The summed E-state index contributed by atoms with van der Waals surface area (Å²) in [5, 5.41) is 0. The van der Waals surface area contributed by atoms with Gasteiger partial charge in [-0.1, -0.05) is 12.1 Å². The molecular weight excluding hydrogens is 463 g/mol. The first-order valence-electron chi connectivity index (χ1n) is 12.7. The monoisotopic (exact) mass is 498 g/mol. The molecule has 0 saturated carbocycles. The van der Waals surface area contributed by atoms with Gasteiger partial charge in [-0.3, -0.25) is 19.5 Å². The lowest BCUT2D eigenvalue weighted by Gasteiger charge is -2.36. The fourth-order valence-electron chi connectivity index (χ4n) is 4.58. The van der Waals surface area contributed by atoms with Gasteiger partial charge in [-0.15, -0.1) is 0 Å². The van der Waals surface area contributed by atoms with E-state index in [9.17, 15) is 14.0 Å². The third-order valence-electron chi connectivity index (χ3n) is 6.71. The van der Waals surface area contributed by atoms with Crippen LogP contribution in [0.1, 0.15) is 29.0 Å². The number of halogens is 1. The van der Waals surface area contributed by atoms with Gasteiger partial charge >= 0.3 is 0 Å². The number of morpholine rings is 1. The number of aromatic nitrogens is 2. The average Bonchev–Trinajstić information content (AvgIpc) is 2.91. The lowest BCUT2D eigenvalue weighted by atomic mass is 10.2. The van der Waals surface area contributed by atoms with Crippen LogP contribution in [0.2, 0.25) is 0 Å². The summed E-state index contributed by atoms with van der Waals surface area (Å²) >= 11 is 0. The highest BCUT2D eigenvalue weighted by Crippen LogP contribution is 2.20. The zero-order valence-electron chi connectivity index (χ0n) is 20.9. The number of nitrogens with zero attached hydrogens (tertiary/aromatic N) is 6. The van der Waals surface area contributed by atoms with Crippen LogP contribution < -0.4 is 4.90 Å². The molecule has 0 spiro atoms. The predicted molar refractivity (Wildman–Crippen MR) is 134 cm³/mol. The molecule has 0 bridgehead atoms. The van der Waals surface area contributed by atoms with Gasteiger partial charge in [0.2, 0.25) is 5.91 Å². The molecule has 10 heteroatoms. The highest BCUT2D eigenvalue weighted by molar-refractivity contribution is 5.92. The molecule has 1 aromatic heterocycles. The topological polar surface area (TPSA) is 82.1 Å². The number of hydrogen-bond acceptors (Lipinski definition) is 7. The molecule has 0 unspecified atom stereocenters. The van der Waals surface area contributed by atoms with Crippen molar-refractivity contribution < 1.29 is 18.7 Å². The van der Waals surface area contributed by atoms with E-state index in [0.717, 1.165) is 45.0 Å². The van der Waals surface area contributed by atoms with Crippen molar-refractivity contribution in [1.82, 2.24) is 24.7 Å². The molecule has 1 aromatic carbocycles. The van der Waals surface area contributed by atoms with Crippen LogP contribution in [0.25, 0.3) is 0 Å². The molecule has 9 nitrogen and oxygen atoms in total. The average molecular weight is 499 g/mol. The Kier molecular flexibility index (Phi) is 9.18. The maximum atomic E-state index is 14.1. The number of hydrogen-bond donors (Lipinski definition) is 0. The Balaban J connectivity index is 1.31. The number of aryl methyl sites for hydroxylation is 1. The van der Waals surface area contributed by atoms with Crippen molar-refractivity contribution in [3.63, 3.8) is 0 Å². The van der Waals surface area contributed by atoms with E-state index in [-0.39, 0.29) is 29.7 Å². The Morgan fingerprint density at radius 2 is 1.75 bits per heavy atom. The molecule has 2 saturated heterocycles. The number of benzene rings is 1. The maximum Gasteiger partial charge on any atom is 0.274 e. The molecule has 0 radical (unpaired) electrons. The minimum atomic E-state index is -0.247. The van der Waals surface area contributed by atoms with E-state index in [1.54, 1.807) is 28.1 Å². The Hall–Kier alpha value is -3.11. The number of ether oxygens (including phenoxy) is 1. The number of piperazine rings is 1. The van der Waals surface area contributed by atoms with Gasteiger partial charge in [0.25, 0.3) is 5.91 Å². The van der Waals surface area contributed by atoms with Crippen molar-refractivity contribution in [2.24, 2.45) is 0 Å². The molecule has 2 amide bonds. The summed E-state index contributed by atoms with van der Waals surface area (Å²) in [7, 11) is 0. The molecule has 0 atom stereocenters. The first kappa shape index (κ1) is 26.0. The van der Waals surface area contributed by atoms with Crippen LogP contribution in [0.15, 0.2) is 36.7 Å². The zero-order valence-corrected chi connectivity index (χ0v) is 20.9. The second-order valence-corrected chi connectivity index (χ2v) is 9.21. The molecule has 2 aliphatic heterocycles. The van der Waals surface area contributed by atoms with Crippen molar-refractivity contribution in [3.05, 3.63) is 53.9 Å². The van der Waals surface area contributed by atoms with E-state index in [1.165, 1.54) is 12.3 Å². The molecule has 36 heavy (non-hydrogen) atoms. The van der Waals surface area contributed by atoms with Gasteiger partial charge < -0.3 is 19.4 Å². The lowest BCUT2D eigenvalue weighted by molar-refractivity contribution is -0.131. The van der Waals surface area contributed by atoms with Crippen LogP contribution in [0.5, 0.6) is 0 Å². The Bertz CT molecular complexity index is 1010. The van der Waals surface area contributed by atoms with Crippen LogP contribution in [-0.2, 0) is 9.53 Å². The van der Waals surface area contributed by atoms with Crippen LogP contribution >= 0.6 is 0 Å². The highest BCUT2D eigenvalue weighted by atomic mass is 19.1. The molecule has 2 aliphatic rings. The van der Waals surface area contributed by atoms with Crippen molar-refractivity contribution in [2.75, 3.05) is 77.0 Å². The second kappa shape index (κ2) is 12.7. The van der Waals surface area contributed by atoms with Gasteiger partial charge in [0.15, 0.2) is 0 Å². The first-order valence-corrected chi connectivity index (χ1v) is 12.7. The Labute approximate surface area is 211 Å². The summed E-state index contributed by atoms with van der Waals surface area (Å²) in [5.41, 5.74) is 1.61. The normalized spacial score (nSPS) is 16.7. The quantitative estimate of drug-likeness (QED) is 0.522. The number of amides is 2. The Morgan fingerprint density at radius 1 is 1.00 bits per heavy atom. The number of para-hydroxylation sites is 1. The molecule has 194 valence electrons. The van der Waals surface area contributed by atoms with Gasteiger partial charge in [-0.05, 0) is 25.5 Å². The molecule has 4 rings (SSSR count). The molecule has 3 heterocycles. The van der Waals surface area contributed by atoms with Crippen LogP contribution in [-0.4, -0.2) is 109 Å².